The van der Waals surface area contributed by atoms with E-state index in [1.807, 2.05) is 0 Å². The molecule has 20 heavy (non-hydrogen) atoms. The Morgan fingerprint density at radius 2 is 1.95 bits per heavy atom. The second kappa shape index (κ2) is 5.18. The van der Waals surface area contributed by atoms with E-state index in [0.717, 1.165) is 6.20 Å². The van der Waals surface area contributed by atoms with Crippen LogP contribution in [0.2, 0.25) is 0 Å². The fraction of sp³-hybridized carbons (Fsp3) is 0. The molecular weight excluding hydrogens is 268 g/mol. The maximum absolute atomic E-state index is 11.9. The standard InChI is InChI=1S/C11H8N4O5/c16-10(6-1-3-7(4-2-6)15(19)20)13-8-5-12-14-9(8)11(17)18/h1-5H,(H,12,14)(H,13,16)(H,17,18). The van der Waals surface area contributed by atoms with Gasteiger partial charge < -0.3 is 10.4 Å². The van der Waals surface area contributed by atoms with E-state index in [2.05, 4.69) is 15.5 Å². The minimum absolute atomic E-state index is 0.0147. The number of anilines is 1. The first-order chi connectivity index (χ1) is 9.49. The van der Waals surface area contributed by atoms with Crippen molar-refractivity contribution in [3.8, 4) is 0 Å². The third kappa shape index (κ3) is 2.61. The smallest absolute Gasteiger partial charge is 0.356 e. The van der Waals surface area contributed by atoms with Gasteiger partial charge in [-0.2, -0.15) is 5.10 Å². The van der Waals surface area contributed by atoms with Crippen LogP contribution in [-0.2, 0) is 0 Å². The number of amides is 1. The number of nitrogens with one attached hydrogen (secondary N) is 2. The van der Waals surface area contributed by atoms with Crippen LogP contribution in [0.25, 0.3) is 0 Å². The molecule has 0 unspecified atom stereocenters. The Morgan fingerprint density at radius 1 is 1.30 bits per heavy atom. The summed E-state index contributed by atoms with van der Waals surface area (Å²) in [5.41, 5.74) is -0.217. The van der Waals surface area contributed by atoms with Crippen LogP contribution in [0.15, 0.2) is 30.5 Å². The van der Waals surface area contributed by atoms with Gasteiger partial charge >= 0.3 is 5.97 Å². The summed E-state index contributed by atoms with van der Waals surface area (Å²) in [6.45, 7) is 0. The molecule has 1 aromatic heterocycles. The zero-order chi connectivity index (χ0) is 14.7. The lowest BCUT2D eigenvalue weighted by Crippen LogP contribution is -2.14. The molecule has 9 heteroatoms. The van der Waals surface area contributed by atoms with E-state index in [0.29, 0.717) is 0 Å². The Morgan fingerprint density at radius 3 is 2.50 bits per heavy atom. The zero-order valence-electron chi connectivity index (χ0n) is 9.86. The summed E-state index contributed by atoms with van der Waals surface area (Å²) >= 11 is 0. The number of non-ortho nitro benzene ring substituents is 1. The predicted molar refractivity (Wildman–Crippen MR) is 66.6 cm³/mol. The summed E-state index contributed by atoms with van der Waals surface area (Å²) in [4.78, 5) is 32.6. The second-order valence-corrected chi connectivity index (χ2v) is 3.72. The Labute approximate surface area is 111 Å². The van der Waals surface area contributed by atoms with Gasteiger partial charge in [0.05, 0.1) is 16.8 Å². The number of hydrogen-bond donors (Lipinski definition) is 3. The first kappa shape index (κ1) is 13.2. The summed E-state index contributed by atoms with van der Waals surface area (Å²) in [5.74, 6) is -1.86. The predicted octanol–water partition coefficient (Wildman–Crippen LogP) is 1.27. The number of carbonyl (C=O) groups is 2. The molecule has 0 aliphatic heterocycles. The minimum atomic E-state index is -1.26. The second-order valence-electron chi connectivity index (χ2n) is 3.72. The highest BCUT2D eigenvalue weighted by atomic mass is 16.6. The number of carbonyl (C=O) groups excluding carboxylic acids is 1. The van der Waals surface area contributed by atoms with Crippen LogP contribution < -0.4 is 5.32 Å². The van der Waals surface area contributed by atoms with E-state index in [-0.39, 0.29) is 22.6 Å². The van der Waals surface area contributed by atoms with Crippen molar-refractivity contribution < 1.29 is 19.6 Å². The first-order valence-corrected chi connectivity index (χ1v) is 5.31. The van der Waals surface area contributed by atoms with Crippen LogP contribution in [0.4, 0.5) is 11.4 Å². The van der Waals surface area contributed by atoms with Gasteiger partial charge in [-0.15, -0.1) is 0 Å². The van der Waals surface area contributed by atoms with Gasteiger partial charge in [0.1, 0.15) is 0 Å². The molecule has 2 aromatic rings. The summed E-state index contributed by atoms with van der Waals surface area (Å²) < 4.78 is 0. The van der Waals surface area contributed by atoms with E-state index in [1.54, 1.807) is 0 Å². The average molecular weight is 276 g/mol. The SMILES string of the molecule is O=C(Nc1cn[nH]c1C(=O)O)c1ccc([N+](=O)[O-])cc1. The van der Waals surface area contributed by atoms with Crippen LogP contribution in [-0.4, -0.2) is 32.1 Å². The number of nitrogens with zero attached hydrogens (tertiary/aromatic N) is 2. The monoisotopic (exact) mass is 276 g/mol. The molecule has 0 aliphatic carbocycles. The number of nitro groups is 1. The number of aromatic amines is 1. The summed E-state index contributed by atoms with van der Waals surface area (Å²) in [6.07, 6.45) is 1.16. The lowest BCUT2D eigenvalue weighted by atomic mass is 10.2. The van der Waals surface area contributed by atoms with Crippen molar-refractivity contribution in [3.63, 3.8) is 0 Å². The fourth-order valence-electron chi connectivity index (χ4n) is 1.47. The van der Waals surface area contributed by atoms with Crippen LogP contribution in [0, 0.1) is 10.1 Å². The molecule has 0 saturated heterocycles. The molecule has 102 valence electrons. The Balaban J connectivity index is 2.17. The van der Waals surface area contributed by atoms with E-state index in [1.165, 1.54) is 24.3 Å². The lowest BCUT2D eigenvalue weighted by molar-refractivity contribution is -0.384. The van der Waals surface area contributed by atoms with Gasteiger partial charge in [-0.25, -0.2) is 4.79 Å². The molecule has 0 fully saturated rings. The number of H-pyrrole nitrogens is 1. The molecule has 0 spiro atoms. The Bertz CT molecular complexity index is 676. The Hall–Kier alpha value is -3.23. The minimum Gasteiger partial charge on any atom is -0.476 e. The third-order valence-electron chi connectivity index (χ3n) is 2.44. The largest absolute Gasteiger partial charge is 0.476 e. The number of benzene rings is 1. The van der Waals surface area contributed by atoms with Gasteiger partial charge in [-0.05, 0) is 12.1 Å². The van der Waals surface area contributed by atoms with Gasteiger partial charge in [0, 0.05) is 17.7 Å². The van der Waals surface area contributed by atoms with Gasteiger partial charge in [-0.3, -0.25) is 20.0 Å². The number of aromatic carboxylic acids is 1. The summed E-state index contributed by atoms with van der Waals surface area (Å²) in [6, 6.07) is 4.91. The average Bonchev–Trinajstić information content (AvgIpc) is 2.87. The normalized spacial score (nSPS) is 10.0. The summed E-state index contributed by atoms with van der Waals surface area (Å²) in [5, 5.41) is 27.4. The third-order valence-corrected chi connectivity index (χ3v) is 2.44. The Kier molecular flexibility index (Phi) is 3.42. The molecule has 3 N–H and O–H groups in total. The molecule has 0 bridgehead atoms. The van der Waals surface area contributed by atoms with Crippen molar-refractivity contribution in [2.24, 2.45) is 0 Å². The van der Waals surface area contributed by atoms with Crippen molar-refractivity contribution in [2.45, 2.75) is 0 Å². The zero-order valence-corrected chi connectivity index (χ0v) is 9.86. The first-order valence-electron chi connectivity index (χ1n) is 5.31. The topological polar surface area (TPSA) is 138 Å². The molecule has 0 atom stereocenters. The van der Waals surface area contributed by atoms with Crippen LogP contribution >= 0.6 is 0 Å². The van der Waals surface area contributed by atoms with Crippen LogP contribution in [0.1, 0.15) is 20.8 Å². The highest BCUT2D eigenvalue weighted by molar-refractivity contribution is 6.07. The highest BCUT2D eigenvalue weighted by Gasteiger charge is 2.16. The van der Waals surface area contributed by atoms with Gasteiger partial charge in [0.2, 0.25) is 0 Å². The maximum atomic E-state index is 11.9. The molecule has 0 saturated carbocycles. The number of carboxylic acids is 1. The van der Waals surface area contributed by atoms with Gasteiger partial charge in [0.25, 0.3) is 11.6 Å². The van der Waals surface area contributed by atoms with Gasteiger partial charge in [0.15, 0.2) is 5.69 Å². The van der Waals surface area contributed by atoms with E-state index >= 15 is 0 Å². The molecule has 1 amide bonds. The molecular formula is C11H8N4O5. The molecule has 0 aliphatic rings. The summed E-state index contributed by atoms with van der Waals surface area (Å²) in [7, 11) is 0. The molecule has 1 aromatic carbocycles. The number of rotatable bonds is 4. The number of carboxylic acid groups (broad SMARTS) is 1. The van der Waals surface area contributed by atoms with Crippen LogP contribution in [0.5, 0.6) is 0 Å². The molecule has 2 rings (SSSR count). The van der Waals surface area contributed by atoms with E-state index in [4.69, 9.17) is 5.11 Å². The van der Waals surface area contributed by atoms with Crippen molar-refractivity contribution in [1.82, 2.24) is 10.2 Å². The fourth-order valence-corrected chi connectivity index (χ4v) is 1.47. The van der Waals surface area contributed by atoms with E-state index < -0.39 is 16.8 Å². The lowest BCUT2D eigenvalue weighted by Gasteiger charge is -2.03. The van der Waals surface area contributed by atoms with Crippen molar-refractivity contribution in [2.75, 3.05) is 5.32 Å². The highest BCUT2D eigenvalue weighted by Crippen LogP contribution is 2.15. The number of aromatic nitrogens is 2. The number of nitro benzene ring substituents is 1. The maximum Gasteiger partial charge on any atom is 0.356 e. The van der Waals surface area contributed by atoms with Crippen molar-refractivity contribution in [3.05, 3.63) is 51.8 Å². The number of hydrogen-bond acceptors (Lipinski definition) is 5. The molecule has 9 nitrogen and oxygen atoms in total. The van der Waals surface area contributed by atoms with Crippen molar-refractivity contribution >= 4 is 23.3 Å². The molecule has 1 heterocycles. The van der Waals surface area contributed by atoms with Crippen molar-refractivity contribution in [1.29, 1.82) is 0 Å². The van der Waals surface area contributed by atoms with Gasteiger partial charge in [-0.1, -0.05) is 0 Å². The molecule has 0 radical (unpaired) electrons. The quantitative estimate of drug-likeness (QED) is 0.567. The van der Waals surface area contributed by atoms with Crippen LogP contribution in [0.3, 0.4) is 0 Å². The van der Waals surface area contributed by atoms with E-state index in [9.17, 15) is 19.7 Å².